The van der Waals surface area contributed by atoms with Gasteiger partial charge in [0.05, 0.1) is 5.57 Å². The molecule has 0 bridgehead atoms. The summed E-state index contributed by atoms with van der Waals surface area (Å²) in [7, 11) is 0. The molecule has 0 unspecified atom stereocenters. The van der Waals surface area contributed by atoms with Crippen LogP contribution in [0, 0.1) is 0 Å². The first-order chi connectivity index (χ1) is 9.16. The van der Waals surface area contributed by atoms with Gasteiger partial charge in [0.15, 0.2) is 11.6 Å². The van der Waals surface area contributed by atoms with Crippen LogP contribution < -0.4 is 0 Å². The average Bonchev–Trinajstić information content (AvgIpc) is 2.85. The summed E-state index contributed by atoms with van der Waals surface area (Å²) >= 11 is 0. The van der Waals surface area contributed by atoms with Crippen LogP contribution in [0.1, 0.15) is 54.1 Å². The van der Waals surface area contributed by atoms with E-state index in [4.69, 9.17) is 0 Å². The van der Waals surface area contributed by atoms with Crippen LogP contribution in [0.2, 0.25) is 0 Å². The third-order valence-corrected chi connectivity index (χ3v) is 4.25. The third-order valence-electron chi connectivity index (χ3n) is 4.25. The molecule has 3 rings (SSSR count). The van der Waals surface area contributed by atoms with Crippen molar-refractivity contribution >= 4 is 11.6 Å². The Hall–Kier alpha value is -1.70. The van der Waals surface area contributed by atoms with E-state index < -0.39 is 0 Å². The zero-order chi connectivity index (χ0) is 13.4. The monoisotopic (exact) mass is 254 g/mol. The van der Waals surface area contributed by atoms with Gasteiger partial charge in [0.1, 0.15) is 0 Å². The normalized spacial score (nSPS) is 18.7. The second-order valence-electron chi connectivity index (χ2n) is 5.60. The van der Waals surface area contributed by atoms with Gasteiger partial charge in [-0.15, -0.1) is 0 Å². The molecule has 2 heteroatoms. The Kier molecular flexibility index (Phi) is 3.09. The number of aryl methyl sites for hydroxylation is 2. The maximum atomic E-state index is 12.5. The van der Waals surface area contributed by atoms with Gasteiger partial charge in [0.25, 0.3) is 0 Å². The van der Waals surface area contributed by atoms with E-state index >= 15 is 0 Å². The molecule has 19 heavy (non-hydrogen) atoms. The van der Waals surface area contributed by atoms with Crippen LogP contribution in [-0.4, -0.2) is 11.6 Å². The molecular formula is C17H18O2. The Morgan fingerprint density at radius 2 is 1.74 bits per heavy atom. The van der Waals surface area contributed by atoms with E-state index in [1.165, 1.54) is 17.5 Å². The van der Waals surface area contributed by atoms with Crippen molar-refractivity contribution in [3.63, 3.8) is 0 Å². The van der Waals surface area contributed by atoms with Gasteiger partial charge in [-0.25, -0.2) is 0 Å². The molecule has 2 nitrogen and oxygen atoms in total. The predicted octanol–water partition coefficient (Wildman–Crippen LogP) is 3.43. The Morgan fingerprint density at radius 1 is 1.00 bits per heavy atom. The summed E-state index contributed by atoms with van der Waals surface area (Å²) in [6.45, 7) is 1.91. The molecule has 0 fully saturated rings. The summed E-state index contributed by atoms with van der Waals surface area (Å²) < 4.78 is 0. The molecule has 2 aliphatic rings. The van der Waals surface area contributed by atoms with Crippen molar-refractivity contribution in [1.29, 1.82) is 0 Å². The van der Waals surface area contributed by atoms with Crippen LogP contribution in [0.4, 0.5) is 0 Å². The fourth-order valence-corrected chi connectivity index (χ4v) is 3.18. The highest BCUT2D eigenvalue weighted by Gasteiger charge is 2.25. The van der Waals surface area contributed by atoms with Crippen LogP contribution in [0.3, 0.4) is 0 Å². The number of ketones is 2. The molecule has 0 atom stereocenters. The Morgan fingerprint density at radius 3 is 2.53 bits per heavy atom. The van der Waals surface area contributed by atoms with Gasteiger partial charge in [-0.3, -0.25) is 9.59 Å². The fourth-order valence-electron chi connectivity index (χ4n) is 3.18. The molecule has 0 aliphatic heterocycles. The van der Waals surface area contributed by atoms with Gasteiger partial charge in [0.2, 0.25) is 0 Å². The summed E-state index contributed by atoms with van der Waals surface area (Å²) in [5.41, 5.74) is 4.74. The molecule has 0 saturated carbocycles. The van der Waals surface area contributed by atoms with Gasteiger partial charge in [-0.1, -0.05) is 17.7 Å². The van der Waals surface area contributed by atoms with E-state index in [-0.39, 0.29) is 11.6 Å². The minimum absolute atomic E-state index is 0.0225. The summed E-state index contributed by atoms with van der Waals surface area (Å²) in [6.07, 6.45) is 5.62. The van der Waals surface area contributed by atoms with E-state index in [9.17, 15) is 9.59 Å². The standard InChI is InChI=1S/C17H18O2/c1-11-4-2-7-15(18)16(11)17(19)14-9-8-12-5-3-6-13(12)10-14/h8-10H,2-7H2,1H3. The molecule has 0 heterocycles. The molecular weight excluding hydrogens is 236 g/mol. The lowest BCUT2D eigenvalue weighted by Crippen LogP contribution is -2.18. The molecule has 98 valence electrons. The Bertz CT molecular complexity index is 593. The fraction of sp³-hybridized carbons (Fsp3) is 0.412. The topological polar surface area (TPSA) is 34.1 Å². The van der Waals surface area contributed by atoms with E-state index in [0.717, 1.165) is 31.3 Å². The Balaban J connectivity index is 1.98. The summed E-state index contributed by atoms with van der Waals surface area (Å²) in [4.78, 5) is 24.5. The summed E-state index contributed by atoms with van der Waals surface area (Å²) in [5, 5.41) is 0. The number of rotatable bonds is 2. The van der Waals surface area contributed by atoms with Crippen LogP contribution in [0.5, 0.6) is 0 Å². The summed E-state index contributed by atoms with van der Waals surface area (Å²) in [5.74, 6) is -0.0499. The van der Waals surface area contributed by atoms with Crippen LogP contribution >= 0.6 is 0 Å². The van der Waals surface area contributed by atoms with Crippen molar-refractivity contribution in [3.05, 3.63) is 46.0 Å². The lowest BCUT2D eigenvalue weighted by atomic mass is 9.86. The molecule has 0 amide bonds. The number of hydrogen-bond acceptors (Lipinski definition) is 2. The Labute approximate surface area is 113 Å². The van der Waals surface area contributed by atoms with Crippen molar-refractivity contribution in [2.75, 3.05) is 0 Å². The smallest absolute Gasteiger partial charge is 0.196 e. The van der Waals surface area contributed by atoms with E-state index in [0.29, 0.717) is 17.6 Å². The number of fused-ring (bicyclic) bond motifs is 1. The zero-order valence-corrected chi connectivity index (χ0v) is 11.3. The molecule has 1 aromatic rings. The zero-order valence-electron chi connectivity index (χ0n) is 11.3. The average molecular weight is 254 g/mol. The van der Waals surface area contributed by atoms with Crippen molar-refractivity contribution in [2.24, 2.45) is 0 Å². The molecule has 0 spiro atoms. The molecule has 0 aromatic heterocycles. The number of hydrogen-bond donors (Lipinski definition) is 0. The highest BCUT2D eigenvalue weighted by atomic mass is 16.1. The lowest BCUT2D eigenvalue weighted by Gasteiger charge is -2.16. The number of carbonyl (C=O) groups excluding carboxylic acids is 2. The molecule has 0 N–H and O–H groups in total. The van der Waals surface area contributed by atoms with Crippen molar-refractivity contribution in [1.82, 2.24) is 0 Å². The van der Waals surface area contributed by atoms with Gasteiger partial charge >= 0.3 is 0 Å². The molecule has 1 aromatic carbocycles. The van der Waals surface area contributed by atoms with Crippen LogP contribution in [0.15, 0.2) is 29.3 Å². The van der Waals surface area contributed by atoms with Crippen molar-refractivity contribution in [2.45, 2.75) is 45.4 Å². The first-order valence-electron chi connectivity index (χ1n) is 7.06. The van der Waals surface area contributed by atoms with Crippen LogP contribution in [-0.2, 0) is 17.6 Å². The van der Waals surface area contributed by atoms with Gasteiger partial charge in [-0.05, 0) is 56.2 Å². The minimum Gasteiger partial charge on any atom is -0.294 e. The first kappa shape index (κ1) is 12.3. The van der Waals surface area contributed by atoms with Crippen molar-refractivity contribution < 1.29 is 9.59 Å². The van der Waals surface area contributed by atoms with E-state index in [2.05, 4.69) is 6.07 Å². The second kappa shape index (κ2) is 4.76. The minimum atomic E-state index is -0.0723. The maximum Gasteiger partial charge on any atom is 0.196 e. The predicted molar refractivity (Wildman–Crippen MR) is 74.4 cm³/mol. The van der Waals surface area contributed by atoms with Gasteiger partial charge in [-0.2, -0.15) is 0 Å². The summed E-state index contributed by atoms with van der Waals surface area (Å²) in [6, 6.07) is 5.93. The number of carbonyl (C=O) groups is 2. The van der Waals surface area contributed by atoms with Crippen LogP contribution in [0.25, 0.3) is 0 Å². The van der Waals surface area contributed by atoms with E-state index in [1.54, 1.807) is 0 Å². The molecule has 2 aliphatic carbocycles. The number of Topliss-reactive ketones (excluding diaryl/α,β-unsaturated/α-hetero) is 2. The maximum absolute atomic E-state index is 12.5. The largest absolute Gasteiger partial charge is 0.294 e. The first-order valence-corrected chi connectivity index (χ1v) is 7.06. The van der Waals surface area contributed by atoms with E-state index in [1.807, 2.05) is 19.1 Å². The quantitative estimate of drug-likeness (QED) is 0.598. The SMILES string of the molecule is CC1=C(C(=O)c2ccc3c(c2)CCC3)C(=O)CCC1. The number of allylic oxidation sites excluding steroid dienone is 2. The number of benzene rings is 1. The highest BCUT2D eigenvalue weighted by molar-refractivity contribution is 6.27. The van der Waals surface area contributed by atoms with Crippen molar-refractivity contribution in [3.8, 4) is 0 Å². The second-order valence-corrected chi connectivity index (χ2v) is 5.60. The lowest BCUT2D eigenvalue weighted by molar-refractivity contribution is -0.115. The van der Waals surface area contributed by atoms with Gasteiger partial charge < -0.3 is 0 Å². The highest BCUT2D eigenvalue weighted by Crippen LogP contribution is 2.27. The van der Waals surface area contributed by atoms with Gasteiger partial charge in [0, 0.05) is 12.0 Å². The molecule has 0 radical (unpaired) electrons. The third kappa shape index (κ3) is 2.16. The molecule has 0 saturated heterocycles.